The third-order valence-electron chi connectivity index (χ3n) is 5.10. The van der Waals surface area contributed by atoms with Gasteiger partial charge in [0.15, 0.2) is 16.7 Å². The molecule has 3 rings (SSSR count). The van der Waals surface area contributed by atoms with Crippen molar-refractivity contribution in [3.8, 4) is 11.5 Å². The molecule has 188 valence electrons. The lowest BCUT2D eigenvalue weighted by Crippen LogP contribution is -2.31. The van der Waals surface area contributed by atoms with Crippen molar-refractivity contribution in [2.75, 3.05) is 34.0 Å². The molecule has 2 aromatic carbocycles. The van der Waals surface area contributed by atoms with Crippen LogP contribution in [0.4, 0.5) is 0 Å². The molecule has 2 aromatic rings. The highest BCUT2D eigenvalue weighted by Crippen LogP contribution is 2.35. The van der Waals surface area contributed by atoms with Gasteiger partial charge in [-0.2, -0.15) is 8.42 Å². The molecule has 1 aliphatic rings. The zero-order valence-electron chi connectivity index (χ0n) is 20.1. The second kappa shape index (κ2) is 12.8. The summed E-state index contributed by atoms with van der Waals surface area (Å²) in [5.41, 5.74) is 0.726. The Bertz CT molecular complexity index is 1180. The van der Waals surface area contributed by atoms with Crippen molar-refractivity contribution in [3.05, 3.63) is 59.0 Å². The molecule has 1 saturated heterocycles. The highest BCUT2D eigenvalue weighted by molar-refractivity contribution is 8.19. The van der Waals surface area contributed by atoms with Gasteiger partial charge in [-0.1, -0.05) is 37.6 Å². The minimum Gasteiger partial charge on any atom is -0.493 e. The number of rotatable bonds is 12. The third-order valence-corrected chi connectivity index (χ3v) is 7.50. The fraction of sp³-hybridized carbons (Fsp3) is 0.360. The summed E-state index contributed by atoms with van der Waals surface area (Å²) >= 11 is 1.03. The minimum absolute atomic E-state index is 0.0678. The molecule has 10 heteroatoms. The van der Waals surface area contributed by atoms with Crippen LogP contribution in [0.1, 0.15) is 31.7 Å². The first kappa shape index (κ1) is 26.8. The van der Waals surface area contributed by atoms with Gasteiger partial charge in [-0.3, -0.25) is 9.69 Å². The van der Waals surface area contributed by atoms with Gasteiger partial charge in [-0.25, -0.2) is 0 Å². The van der Waals surface area contributed by atoms with E-state index in [1.165, 1.54) is 17.0 Å². The van der Waals surface area contributed by atoms with Crippen LogP contribution in [0.3, 0.4) is 0 Å². The number of carbonyl (C=O) groups excluding carboxylic acids is 1. The molecule has 0 spiro atoms. The number of thioether (sulfide) groups is 1. The van der Waals surface area contributed by atoms with Crippen molar-refractivity contribution in [2.24, 2.45) is 4.40 Å². The van der Waals surface area contributed by atoms with Crippen molar-refractivity contribution in [1.82, 2.24) is 4.90 Å². The number of nitrogens with zero attached hydrogens (tertiary/aromatic N) is 2. The Balaban J connectivity index is 1.91. The van der Waals surface area contributed by atoms with Crippen LogP contribution in [0.5, 0.6) is 11.5 Å². The Morgan fingerprint density at radius 3 is 2.49 bits per heavy atom. The van der Waals surface area contributed by atoms with Crippen LogP contribution in [-0.2, 0) is 19.6 Å². The highest BCUT2D eigenvalue weighted by atomic mass is 32.2. The number of sulfonamides is 1. The molecule has 35 heavy (non-hydrogen) atoms. The molecule has 1 fully saturated rings. The monoisotopic (exact) mass is 518 g/mol. The molecule has 8 nitrogen and oxygen atoms in total. The van der Waals surface area contributed by atoms with Crippen molar-refractivity contribution in [3.63, 3.8) is 0 Å². The lowest BCUT2D eigenvalue weighted by atomic mass is 10.2. The lowest BCUT2D eigenvalue weighted by Gasteiger charge is -2.15. The normalized spacial score (nSPS) is 16.3. The summed E-state index contributed by atoms with van der Waals surface area (Å²) in [4.78, 5) is 15.0. The first-order valence-corrected chi connectivity index (χ1v) is 13.6. The topological polar surface area (TPSA) is 94.5 Å². The van der Waals surface area contributed by atoms with E-state index in [0.717, 1.165) is 30.2 Å². The number of amides is 1. The molecule has 1 heterocycles. The molecule has 1 aliphatic heterocycles. The van der Waals surface area contributed by atoms with Crippen LogP contribution in [-0.4, -0.2) is 58.4 Å². The van der Waals surface area contributed by atoms with Gasteiger partial charge in [0, 0.05) is 20.3 Å². The van der Waals surface area contributed by atoms with E-state index in [1.807, 2.05) is 6.07 Å². The molecular formula is C25H30N2O6S2. The van der Waals surface area contributed by atoms with Crippen molar-refractivity contribution >= 4 is 38.9 Å². The molecule has 0 saturated carbocycles. The fourth-order valence-electron chi connectivity index (χ4n) is 3.26. The minimum atomic E-state index is -3.98. The average Bonchev–Trinajstić information content (AvgIpc) is 3.13. The van der Waals surface area contributed by atoms with E-state index in [9.17, 15) is 13.2 Å². The maximum Gasteiger partial charge on any atom is 0.284 e. The lowest BCUT2D eigenvalue weighted by molar-refractivity contribution is -0.122. The van der Waals surface area contributed by atoms with Crippen molar-refractivity contribution in [1.29, 1.82) is 0 Å². The zero-order valence-corrected chi connectivity index (χ0v) is 21.7. The SMILES string of the molecule is CCCCOc1ccc(C=C2SC(=NS(=O)(=O)c3ccccc3)N(CCCOC)C2=O)cc1OC. The number of ether oxygens (including phenoxy) is 3. The second-order valence-corrected chi connectivity index (χ2v) is 10.3. The summed E-state index contributed by atoms with van der Waals surface area (Å²) < 4.78 is 46.0. The maximum atomic E-state index is 13.2. The van der Waals surface area contributed by atoms with Crippen molar-refractivity contribution < 1.29 is 27.4 Å². The van der Waals surface area contributed by atoms with Gasteiger partial charge in [-0.05, 0) is 60.5 Å². The molecule has 0 aromatic heterocycles. The van der Waals surface area contributed by atoms with Crippen LogP contribution in [0, 0.1) is 0 Å². The van der Waals surface area contributed by atoms with Gasteiger partial charge >= 0.3 is 0 Å². The van der Waals surface area contributed by atoms with E-state index in [0.29, 0.717) is 36.0 Å². The number of amidine groups is 1. The molecule has 0 atom stereocenters. The summed E-state index contributed by atoms with van der Waals surface area (Å²) in [7, 11) is -0.842. The van der Waals surface area contributed by atoms with Crippen LogP contribution in [0.25, 0.3) is 6.08 Å². The summed E-state index contributed by atoms with van der Waals surface area (Å²) in [6.07, 6.45) is 4.20. The number of hydrogen-bond donors (Lipinski definition) is 0. The maximum absolute atomic E-state index is 13.2. The van der Waals surface area contributed by atoms with Gasteiger partial charge in [0.2, 0.25) is 0 Å². The van der Waals surface area contributed by atoms with Crippen LogP contribution in [0.15, 0.2) is 62.7 Å². The smallest absolute Gasteiger partial charge is 0.284 e. The second-order valence-electron chi connectivity index (χ2n) is 7.69. The van der Waals surface area contributed by atoms with Gasteiger partial charge < -0.3 is 14.2 Å². The first-order chi connectivity index (χ1) is 16.9. The Hall–Kier alpha value is -2.82. The van der Waals surface area contributed by atoms with E-state index >= 15 is 0 Å². The van der Waals surface area contributed by atoms with E-state index in [1.54, 1.807) is 50.6 Å². The van der Waals surface area contributed by atoms with Gasteiger partial charge in [0.1, 0.15) is 0 Å². The summed E-state index contributed by atoms with van der Waals surface area (Å²) in [6.45, 7) is 3.40. The van der Waals surface area contributed by atoms with E-state index < -0.39 is 10.0 Å². The summed E-state index contributed by atoms with van der Waals surface area (Å²) in [6, 6.07) is 13.4. The Kier molecular flexibility index (Phi) is 9.76. The highest BCUT2D eigenvalue weighted by Gasteiger charge is 2.34. The Labute approximate surface area is 211 Å². The fourth-order valence-corrected chi connectivity index (χ4v) is 5.49. The third kappa shape index (κ3) is 7.09. The van der Waals surface area contributed by atoms with Gasteiger partial charge in [-0.15, -0.1) is 4.40 Å². The molecule has 0 bridgehead atoms. The molecule has 0 N–H and O–H groups in total. The molecule has 0 radical (unpaired) electrons. The number of hydrogen-bond acceptors (Lipinski definition) is 7. The number of methoxy groups -OCH3 is 2. The summed E-state index contributed by atoms with van der Waals surface area (Å²) in [5, 5.41) is 0.118. The van der Waals surface area contributed by atoms with E-state index in [4.69, 9.17) is 14.2 Å². The standard InChI is InChI=1S/C25H30N2O6S2/c1-4-5-16-33-21-13-12-19(17-22(21)32-3)18-23-24(28)27(14-9-15-31-2)25(34-23)26-35(29,30)20-10-7-6-8-11-20/h6-8,10-13,17-18H,4-5,9,14-16H2,1-3H3. The van der Waals surface area contributed by atoms with E-state index in [-0.39, 0.29) is 22.5 Å². The molecule has 0 aliphatic carbocycles. The predicted octanol–water partition coefficient (Wildman–Crippen LogP) is 4.57. The number of unbranched alkanes of at least 4 members (excludes halogenated alkanes) is 1. The van der Waals surface area contributed by atoms with E-state index in [2.05, 4.69) is 11.3 Å². The average molecular weight is 519 g/mol. The van der Waals surface area contributed by atoms with Gasteiger partial charge in [0.25, 0.3) is 15.9 Å². The molecular weight excluding hydrogens is 488 g/mol. The van der Waals surface area contributed by atoms with Gasteiger partial charge in [0.05, 0.1) is 23.5 Å². The van der Waals surface area contributed by atoms with Crippen LogP contribution >= 0.6 is 11.8 Å². The molecule has 0 unspecified atom stereocenters. The zero-order chi connectivity index (χ0) is 25.3. The quantitative estimate of drug-likeness (QED) is 0.300. The van der Waals surface area contributed by atoms with Crippen LogP contribution in [0.2, 0.25) is 0 Å². The molecule has 1 amide bonds. The number of carbonyl (C=O) groups is 1. The van der Waals surface area contributed by atoms with Crippen LogP contribution < -0.4 is 9.47 Å². The largest absolute Gasteiger partial charge is 0.493 e. The number of benzene rings is 2. The first-order valence-electron chi connectivity index (χ1n) is 11.3. The Morgan fingerprint density at radius 1 is 1.03 bits per heavy atom. The summed E-state index contributed by atoms with van der Waals surface area (Å²) in [5.74, 6) is 0.879. The van der Waals surface area contributed by atoms with Crippen molar-refractivity contribution in [2.45, 2.75) is 31.1 Å². The Morgan fingerprint density at radius 2 is 1.80 bits per heavy atom. The predicted molar refractivity (Wildman–Crippen MR) is 138 cm³/mol.